The lowest BCUT2D eigenvalue weighted by Crippen LogP contribution is -2.44. The quantitative estimate of drug-likeness (QED) is 0.686. The smallest absolute Gasteiger partial charge is 0.370 e. The number of hydrogen-bond donors (Lipinski definition) is 2. The second kappa shape index (κ2) is 5.69. The van der Waals surface area contributed by atoms with Gasteiger partial charge >= 0.3 is 6.18 Å². The molecule has 8 heteroatoms. The van der Waals surface area contributed by atoms with Crippen LogP contribution in [0.4, 0.5) is 13.2 Å². The van der Waals surface area contributed by atoms with Gasteiger partial charge in [0.1, 0.15) is 0 Å². The van der Waals surface area contributed by atoms with Crippen LogP contribution in [-0.4, -0.2) is 42.5 Å². The minimum atomic E-state index is -4.33. The molecule has 0 heterocycles. The van der Waals surface area contributed by atoms with Crippen LogP contribution in [-0.2, 0) is 9.59 Å². The highest BCUT2D eigenvalue weighted by Gasteiger charge is 2.29. The molecular weight excluding hydrogens is 227 g/mol. The van der Waals surface area contributed by atoms with E-state index >= 15 is 0 Å². The van der Waals surface area contributed by atoms with Gasteiger partial charge in [0.2, 0.25) is 11.8 Å². The molecule has 5 nitrogen and oxygen atoms in total. The van der Waals surface area contributed by atoms with Gasteiger partial charge in [-0.2, -0.15) is 13.2 Å². The number of alkyl halides is 3. The van der Waals surface area contributed by atoms with Gasteiger partial charge in [-0.25, -0.2) is 0 Å². The Morgan fingerprint density at radius 2 is 1.88 bits per heavy atom. The van der Waals surface area contributed by atoms with Crippen molar-refractivity contribution in [1.82, 2.24) is 4.90 Å². The van der Waals surface area contributed by atoms with Crippen LogP contribution >= 0.6 is 0 Å². The Hall–Kier alpha value is -1.31. The van der Waals surface area contributed by atoms with Crippen LogP contribution in [0.3, 0.4) is 0 Å². The first-order chi connectivity index (χ1) is 7.13. The molecule has 0 radical (unpaired) electrons. The van der Waals surface area contributed by atoms with Gasteiger partial charge in [0, 0.05) is 13.6 Å². The number of amides is 2. The molecule has 0 fully saturated rings. The van der Waals surface area contributed by atoms with Crippen molar-refractivity contribution in [3.63, 3.8) is 0 Å². The minimum Gasteiger partial charge on any atom is -0.370 e. The summed E-state index contributed by atoms with van der Waals surface area (Å²) in [7, 11) is 1.19. The van der Waals surface area contributed by atoms with Crippen molar-refractivity contribution in [3.05, 3.63) is 0 Å². The van der Waals surface area contributed by atoms with Crippen molar-refractivity contribution >= 4 is 11.8 Å². The predicted octanol–water partition coefficient (Wildman–Crippen LogP) is -0.400. The normalized spacial score (nSPS) is 13.3. The summed E-state index contributed by atoms with van der Waals surface area (Å²) in [5, 5.41) is 0. The van der Waals surface area contributed by atoms with E-state index in [9.17, 15) is 22.8 Å². The number of primary amides is 1. The fourth-order valence-electron chi connectivity index (χ4n) is 0.992. The van der Waals surface area contributed by atoms with Gasteiger partial charge in [-0.1, -0.05) is 0 Å². The van der Waals surface area contributed by atoms with Crippen molar-refractivity contribution in [1.29, 1.82) is 0 Å². The zero-order chi connectivity index (χ0) is 12.9. The number of halogens is 3. The number of carbonyl (C=O) groups is 2. The highest BCUT2D eigenvalue weighted by atomic mass is 19.4. The molecule has 16 heavy (non-hydrogen) atoms. The average Bonchev–Trinajstić information content (AvgIpc) is 2.10. The molecule has 4 N–H and O–H groups in total. The molecule has 0 aliphatic heterocycles. The summed E-state index contributed by atoms with van der Waals surface area (Å²) in [6.07, 6.45) is -5.82. The van der Waals surface area contributed by atoms with Crippen LogP contribution in [0.25, 0.3) is 0 Å². The zero-order valence-electron chi connectivity index (χ0n) is 8.75. The van der Waals surface area contributed by atoms with E-state index in [2.05, 4.69) is 0 Å². The van der Waals surface area contributed by atoms with E-state index in [1.807, 2.05) is 0 Å². The second-order valence-electron chi connectivity index (χ2n) is 3.40. The summed E-state index contributed by atoms with van der Waals surface area (Å²) >= 11 is 0. The lowest BCUT2D eigenvalue weighted by atomic mass is 10.2. The molecule has 0 saturated carbocycles. The second-order valence-corrected chi connectivity index (χ2v) is 3.40. The molecule has 0 aromatic carbocycles. The number of rotatable bonds is 5. The Bertz CT molecular complexity index is 268. The van der Waals surface area contributed by atoms with Crippen molar-refractivity contribution in [2.75, 3.05) is 13.6 Å². The summed E-state index contributed by atoms with van der Waals surface area (Å²) in [6, 6.07) is -1.18. The Labute approximate surface area is 90.6 Å². The third-order valence-electron chi connectivity index (χ3n) is 1.85. The minimum absolute atomic E-state index is 0.380. The average molecular weight is 241 g/mol. The molecule has 0 saturated heterocycles. The maximum absolute atomic E-state index is 11.8. The number of nitrogens with zero attached hydrogens (tertiary/aromatic N) is 1. The topological polar surface area (TPSA) is 89.4 Å². The summed E-state index contributed by atoms with van der Waals surface area (Å²) in [4.78, 5) is 22.6. The van der Waals surface area contributed by atoms with E-state index in [-0.39, 0.29) is 6.42 Å². The van der Waals surface area contributed by atoms with Gasteiger partial charge in [-0.3, -0.25) is 9.59 Å². The standard InChI is InChI=1S/C8H14F3N3O2/c1-14(3-2-8(9,10)11)7(16)5(12)4-6(13)15/h5H,2-4,12H2,1H3,(H2,13,15). The van der Waals surface area contributed by atoms with E-state index in [4.69, 9.17) is 11.5 Å². The van der Waals surface area contributed by atoms with E-state index in [1.165, 1.54) is 7.05 Å². The van der Waals surface area contributed by atoms with Crippen molar-refractivity contribution in [2.24, 2.45) is 11.5 Å². The molecule has 0 aliphatic carbocycles. The molecule has 0 rings (SSSR count). The molecule has 94 valence electrons. The maximum atomic E-state index is 11.8. The lowest BCUT2D eigenvalue weighted by Gasteiger charge is -2.21. The highest BCUT2D eigenvalue weighted by molar-refractivity contribution is 5.87. The van der Waals surface area contributed by atoms with Crippen LogP contribution in [0.2, 0.25) is 0 Å². The molecule has 0 aromatic heterocycles. The van der Waals surface area contributed by atoms with Crippen LogP contribution in [0.5, 0.6) is 0 Å². The first-order valence-corrected chi connectivity index (χ1v) is 4.49. The highest BCUT2D eigenvalue weighted by Crippen LogP contribution is 2.19. The first kappa shape index (κ1) is 14.7. The first-order valence-electron chi connectivity index (χ1n) is 4.49. The van der Waals surface area contributed by atoms with Crippen molar-refractivity contribution in [2.45, 2.75) is 25.1 Å². The third-order valence-corrected chi connectivity index (χ3v) is 1.85. The molecule has 1 unspecified atom stereocenters. The monoisotopic (exact) mass is 241 g/mol. The van der Waals surface area contributed by atoms with Gasteiger partial charge in [-0.05, 0) is 0 Å². The number of carbonyl (C=O) groups excluding carboxylic acids is 2. The van der Waals surface area contributed by atoms with Crippen LogP contribution in [0.15, 0.2) is 0 Å². The number of likely N-dealkylation sites (N-methyl/N-ethyl adjacent to an activating group) is 1. The molecule has 0 bridgehead atoms. The lowest BCUT2D eigenvalue weighted by molar-refractivity contribution is -0.145. The zero-order valence-corrected chi connectivity index (χ0v) is 8.75. The molecule has 1 atom stereocenters. The fraction of sp³-hybridized carbons (Fsp3) is 0.750. The Morgan fingerprint density at radius 3 is 2.25 bits per heavy atom. The maximum Gasteiger partial charge on any atom is 0.390 e. The number of hydrogen-bond acceptors (Lipinski definition) is 3. The van der Waals surface area contributed by atoms with Gasteiger partial charge in [0.25, 0.3) is 0 Å². The third kappa shape index (κ3) is 6.23. The Morgan fingerprint density at radius 1 is 1.38 bits per heavy atom. The van der Waals surface area contributed by atoms with Crippen molar-refractivity contribution in [3.8, 4) is 0 Å². The molecule has 0 aliphatic rings. The number of nitrogens with two attached hydrogens (primary N) is 2. The SMILES string of the molecule is CN(CCC(F)(F)F)C(=O)C(N)CC(N)=O. The summed E-state index contributed by atoms with van der Waals surface area (Å²) in [6.45, 7) is -0.491. The fourth-order valence-corrected chi connectivity index (χ4v) is 0.992. The van der Waals surface area contributed by atoms with E-state index in [1.54, 1.807) is 0 Å². The van der Waals surface area contributed by atoms with E-state index < -0.39 is 37.0 Å². The Balaban J connectivity index is 4.13. The van der Waals surface area contributed by atoms with Gasteiger partial charge in [0.05, 0.1) is 18.9 Å². The van der Waals surface area contributed by atoms with E-state index in [0.29, 0.717) is 0 Å². The largest absolute Gasteiger partial charge is 0.390 e. The molecular formula is C8H14F3N3O2. The van der Waals surface area contributed by atoms with Crippen LogP contribution < -0.4 is 11.5 Å². The van der Waals surface area contributed by atoms with Gasteiger partial charge in [-0.15, -0.1) is 0 Å². The molecule has 0 aromatic rings. The van der Waals surface area contributed by atoms with Crippen molar-refractivity contribution < 1.29 is 22.8 Å². The predicted molar refractivity (Wildman–Crippen MR) is 50.1 cm³/mol. The van der Waals surface area contributed by atoms with E-state index in [0.717, 1.165) is 4.90 Å². The molecule has 2 amide bonds. The van der Waals surface area contributed by atoms with Gasteiger partial charge in [0.15, 0.2) is 0 Å². The van der Waals surface area contributed by atoms with Crippen LogP contribution in [0, 0.1) is 0 Å². The summed E-state index contributed by atoms with van der Waals surface area (Å²) in [5.74, 6) is -1.51. The van der Waals surface area contributed by atoms with Gasteiger partial charge < -0.3 is 16.4 Å². The molecule has 0 spiro atoms. The summed E-state index contributed by atoms with van der Waals surface area (Å²) in [5.41, 5.74) is 10.1. The Kier molecular flexibility index (Phi) is 5.22. The van der Waals surface area contributed by atoms with Crippen LogP contribution in [0.1, 0.15) is 12.8 Å². The summed E-state index contributed by atoms with van der Waals surface area (Å²) < 4.78 is 35.5.